The van der Waals surface area contributed by atoms with Crippen LogP contribution in [-0.4, -0.2) is 17.1 Å². The zero-order valence-corrected chi connectivity index (χ0v) is 8.67. The average molecular weight is 212 g/mol. The number of nitrogens with zero attached hydrogens (tertiary/aromatic N) is 1. The quantitative estimate of drug-likeness (QED) is 0.787. The third-order valence-electron chi connectivity index (χ3n) is 2.55. The highest BCUT2D eigenvalue weighted by Gasteiger charge is 2.21. The summed E-state index contributed by atoms with van der Waals surface area (Å²) < 4.78 is 0. The highest BCUT2D eigenvalue weighted by Crippen LogP contribution is 2.21. The molecule has 1 aromatic rings. The van der Waals surface area contributed by atoms with E-state index >= 15 is 0 Å². The Morgan fingerprint density at radius 2 is 2.29 bits per heavy atom. The molecular formula is C10H14ClN3. The number of nitrogens with two attached hydrogens (primary N) is 1. The van der Waals surface area contributed by atoms with E-state index in [2.05, 4.69) is 10.3 Å². The van der Waals surface area contributed by atoms with Gasteiger partial charge in [-0.1, -0.05) is 11.6 Å². The minimum absolute atomic E-state index is 0.347. The maximum Gasteiger partial charge on any atom is 0.126 e. The van der Waals surface area contributed by atoms with Gasteiger partial charge in [0, 0.05) is 18.3 Å². The van der Waals surface area contributed by atoms with Crippen LogP contribution in [0.3, 0.4) is 0 Å². The average Bonchev–Trinajstić information content (AvgIpc) is 2.56. The van der Waals surface area contributed by atoms with E-state index in [1.807, 2.05) is 12.1 Å². The van der Waals surface area contributed by atoms with Gasteiger partial charge in [0.2, 0.25) is 0 Å². The molecule has 0 saturated heterocycles. The summed E-state index contributed by atoms with van der Waals surface area (Å²) in [5.41, 5.74) is 5.82. The van der Waals surface area contributed by atoms with E-state index in [0.717, 1.165) is 25.1 Å². The van der Waals surface area contributed by atoms with E-state index in [4.69, 9.17) is 17.3 Å². The zero-order chi connectivity index (χ0) is 9.97. The molecule has 2 unspecified atom stereocenters. The van der Waals surface area contributed by atoms with E-state index in [0.29, 0.717) is 17.1 Å². The third-order valence-corrected chi connectivity index (χ3v) is 2.78. The molecule has 1 fully saturated rings. The second kappa shape index (κ2) is 4.15. The predicted molar refractivity (Wildman–Crippen MR) is 58.5 cm³/mol. The Morgan fingerprint density at radius 1 is 1.43 bits per heavy atom. The molecule has 0 amide bonds. The van der Waals surface area contributed by atoms with Crippen LogP contribution in [0, 0.1) is 0 Å². The van der Waals surface area contributed by atoms with Crippen LogP contribution in [0.25, 0.3) is 0 Å². The van der Waals surface area contributed by atoms with Gasteiger partial charge in [0.25, 0.3) is 0 Å². The van der Waals surface area contributed by atoms with Crippen LogP contribution < -0.4 is 11.1 Å². The smallest absolute Gasteiger partial charge is 0.126 e. The largest absolute Gasteiger partial charge is 0.367 e. The van der Waals surface area contributed by atoms with Crippen LogP contribution in [0.5, 0.6) is 0 Å². The van der Waals surface area contributed by atoms with E-state index in [9.17, 15) is 0 Å². The molecule has 2 rings (SSSR count). The van der Waals surface area contributed by atoms with Crippen molar-refractivity contribution < 1.29 is 0 Å². The summed E-state index contributed by atoms with van der Waals surface area (Å²) in [6.07, 6.45) is 4.92. The van der Waals surface area contributed by atoms with Crippen molar-refractivity contribution in [3.05, 3.63) is 23.4 Å². The van der Waals surface area contributed by atoms with Crippen LogP contribution in [-0.2, 0) is 0 Å². The first-order valence-corrected chi connectivity index (χ1v) is 5.25. The van der Waals surface area contributed by atoms with Gasteiger partial charge in [-0.25, -0.2) is 4.98 Å². The lowest BCUT2D eigenvalue weighted by atomic mass is 10.2. The van der Waals surface area contributed by atoms with Crippen LogP contribution in [0.2, 0.25) is 5.02 Å². The second-order valence-electron chi connectivity index (χ2n) is 3.78. The zero-order valence-electron chi connectivity index (χ0n) is 7.91. The lowest BCUT2D eigenvalue weighted by Crippen LogP contribution is -2.21. The van der Waals surface area contributed by atoms with Gasteiger partial charge in [0.15, 0.2) is 0 Å². The first-order valence-electron chi connectivity index (χ1n) is 4.88. The fourth-order valence-electron chi connectivity index (χ4n) is 1.82. The fourth-order valence-corrected chi connectivity index (χ4v) is 1.93. The standard InChI is InChI=1S/C10H14ClN3/c11-7-1-4-10(13-6-7)14-9-3-2-8(12)5-9/h1,4,6,8-9H,2-3,5,12H2,(H,13,14). The molecule has 4 heteroatoms. The second-order valence-corrected chi connectivity index (χ2v) is 4.21. The Morgan fingerprint density at radius 3 is 2.86 bits per heavy atom. The van der Waals surface area contributed by atoms with Gasteiger partial charge in [-0.3, -0.25) is 0 Å². The maximum atomic E-state index is 5.82. The molecule has 0 aromatic carbocycles. The number of hydrogen-bond acceptors (Lipinski definition) is 3. The molecule has 3 nitrogen and oxygen atoms in total. The van der Waals surface area contributed by atoms with Crippen LogP contribution in [0.15, 0.2) is 18.3 Å². The van der Waals surface area contributed by atoms with Gasteiger partial charge >= 0.3 is 0 Å². The minimum Gasteiger partial charge on any atom is -0.367 e. The molecule has 1 aliphatic rings. The van der Waals surface area contributed by atoms with Crippen molar-refractivity contribution in [1.82, 2.24) is 4.98 Å². The molecule has 14 heavy (non-hydrogen) atoms. The van der Waals surface area contributed by atoms with Gasteiger partial charge in [0.1, 0.15) is 5.82 Å². The maximum absolute atomic E-state index is 5.82. The molecule has 1 aliphatic carbocycles. The molecule has 0 bridgehead atoms. The number of halogens is 1. The van der Waals surface area contributed by atoms with Crippen LogP contribution in [0.1, 0.15) is 19.3 Å². The predicted octanol–water partition coefficient (Wildman–Crippen LogP) is 2.03. The molecule has 1 aromatic heterocycles. The third kappa shape index (κ3) is 2.36. The highest BCUT2D eigenvalue weighted by molar-refractivity contribution is 6.30. The molecule has 1 heterocycles. The Hall–Kier alpha value is -0.800. The summed E-state index contributed by atoms with van der Waals surface area (Å²) in [4.78, 5) is 4.18. The topological polar surface area (TPSA) is 50.9 Å². The minimum atomic E-state index is 0.347. The molecule has 0 spiro atoms. The molecule has 1 saturated carbocycles. The summed E-state index contributed by atoms with van der Waals surface area (Å²) in [5.74, 6) is 0.883. The number of anilines is 1. The summed E-state index contributed by atoms with van der Waals surface area (Å²) in [7, 11) is 0. The number of aromatic nitrogens is 1. The Balaban J connectivity index is 1.94. The Labute approximate surface area is 88.7 Å². The molecule has 76 valence electrons. The van der Waals surface area contributed by atoms with Gasteiger partial charge in [-0.2, -0.15) is 0 Å². The van der Waals surface area contributed by atoms with E-state index in [1.54, 1.807) is 6.20 Å². The number of hydrogen-bond donors (Lipinski definition) is 2. The summed E-state index contributed by atoms with van der Waals surface area (Å²) >= 11 is 5.74. The molecule has 2 atom stereocenters. The number of nitrogens with one attached hydrogen (secondary N) is 1. The SMILES string of the molecule is NC1CCC(Nc2ccc(Cl)cn2)C1. The number of pyridine rings is 1. The first-order chi connectivity index (χ1) is 6.74. The van der Waals surface area contributed by atoms with Crippen molar-refractivity contribution in [2.75, 3.05) is 5.32 Å². The normalized spacial score (nSPS) is 26.4. The fraction of sp³-hybridized carbons (Fsp3) is 0.500. The summed E-state index contributed by atoms with van der Waals surface area (Å²) in [6.45, 7) is 0. The highest BCUT2D eigenvalue weighted by atomic mass is 35.5. The number of rotatable bonds is 2. The molecule has 0 aliphatic heterocycles. The van der Waals surface area contributed by atoms with Crippen molar-refractivity contribution >= 4 is 17.4 Å². The van der Waals surface area contributed by atoms with E-state index in [1.165, 1.54) is 0 Å². The van der Waals surface area contributed by atoms with Gasteiger partial charge < -0.3 is 11.1 Å². The van der Waals surface area contributed by atoms with Crippen molar-refractivity contribution in [2.24, 2.45) is 5.73 Å². The molecule has 3 N–H and O–H groups in total. The van der Waals surface area contributed by atoms with Crippen molar-refractivity contribution in [1.29, 1.82) is 0 Å². The lowest BCUT2D eigenvalue weighted by molar-refractivity contribution is 0.686. The summed E-state index contributed by atoms with van der Waals surface area (Å²) in [5, 5.41) is 4.01. The molecule has 0 radical (unpaired) electrons. The molecular weight excluding hydrogens is 198 g/mol. The van der Waals surface area contributed by atoms with Gasteiger partial charge in [-0.15, -0.1) is 0 Å². The van der Waals surface area contributed by atoms with E-state index in [-0.39, 0.29) is 0 Å². The van der Waals surface area contributed by atoms with Crippen molar-refractivity contribution in [2.45, 2.75) is 31.3 Å². The summed E-state index contributed by atoms with van der Waals surface area (Å²) in [6, 6.07) is 4.55. The lowest BCUT2D eigenvalue weighted by Gasteiger charge is -2.12. The van der Waals surface area contributed by atoms with Crippen LogP contribution in [0.4, 0.5) is 5.82 Å². The van der Waals surface area contributed by atoms with Gasteiger partial charge in [0.05, 0.1) is 5.02 Å². The van der Waals surface area contributed by atoms with Crippen molar-refractivity contribution in [3.63, 3.8) is 0 Å². The Kier molecular flexibility index (Phi) is 2.89. The van der Waals surface area contributed by atoms with Crippen molar-refractivity contribution in [3.8, 4) is 0 Å². The first kappa shape index (κ1) is 9.74. The van der Waals surface area contributed by atoms with E-state index < -0.39 is 0 Å². The monoisotopic (exact) mass is 211 g/mol. The van der Waals surface area contributed by atoms with Crippen LogP contribution >= 0.6 is 11.6 Å². The van der Waals surface area contributed by atoms with Gasteiger partial charge in [-0.05, 0) is 31.4 Å². The Bertz CT molecular complexity index is 299.